The van der Waals surface area contributed by atoms with Crippen molar-refractivity contribution in [2.75, 3.05) is 3.82 Å². The summed E-state index contributed by atoms with van der Waals surface area (Å²) < 4.78 is 30.5. The summed E-state index contributed by atoms with van der Waals surface area (Å²) in [6.45, 7) is 3.39. The lowest BCUT2D eigenvalue weighted by molar-refractivity contribution is 0.103. The summed E-state index contributed by atoms with van der Waals surface area (Å²) >= 11 is 6.01. The van der Waals surface area contributed by atoms with Crippen LogP contribution < -0.4 is 3.82 Å². The Morgan fingerprint density at radius 2 is 2.00 bits per heavy atom. The maximum atomic E-state index is 12.6. The standard InChI is InChI=1S/C17H19ClN2O4S/c1-3-11(2)25(22,23)20(18)14-8-6-12(7-9-14)16(21)15-10-19-24-17(15)13-4-5-13/h6-11,13H,3-5H2,1-2H3. The summed E-state index contributed by atoms with van der Waals surface area (Å²) in [5, 5.41) is 3.14. The number of hydrogen-bond donors (Lipinski definition) is 0. The topological polar surface area (TPSA) is 80.5 Å². The van der Waals surface area contributed by atoms with Gasteiger partial charge < -0.3 is 4.52 Å². The number of ketones is 1. The van der Waals surface area contributed by atoms with E-state index in [0.717, 1.165) is 16.7 Å². The van der Waals surface area contributed by atoms with Crippen LogP contribution in [0.15, 0.2) is 35.0 Å². The molecular weight excluding hydrogens is 364 g/mol. The summed E-state index contributed by atoms with van der Waals surface area (Å²) in [5.74, 6) is 0.715. The van der Waals surface area contributed by atoms with E-state index < -0.39 is 15.3 Å². The number of rotatable bonds is 7. The molecule has 0 aliphatic heterocycles. The third-order valence-electron chi connectivity index (χ3n) is 4.43. The number of carbonyl (C=O) groups is 1. The van der Waals surface area contributed by atoms with E-state index in [-0.39, 0.29) is 11.7 Å². The number of sulfonamides is 1. The quantitative estimate of drug-likeness (QED) is 0.536. The van der Waals surface area contributed by atoms with Crippen molar-refractivity contribution >= 4 is 33.3 Å². The number of halogens is 1. The fourth-order valence-corrected chi connectivity index (χ4v) is 4.13. The van der Waals surface area contributed by atoms with Crippen molar-refractivity contribution < 1.29 is 17.7 Å². The first-order valence-electron chi connectivity index (χ1n) is 8.15. The first-order chi connectivity index (χ1) is 11.9. The summed E-state index contributed by atoms with van der Waals surface area (Å²) in [6.07, 6.45) is 3.90. The second-order valence-electron chi connectivity index (χ2n) is 6.23. The zero-order chi connectivity index (χ0) is 18.2. The first kappa shape index (κ1) is 17.9. The van der Waals surface area contributed by atoms with Crippen LogP contribution in [0.4, 0.5) is 5.69 Å². The number of anilines is 1. The third kappa shape index (κ3) is 3.43. The fraction of sp³-hybridized carbons (Fsp3) is 0.412. The Balaban J connectivity index is 1.82. The van der Waals surface area contributed by atoms with Crippen molar-refractivity contribution in [3.63, 3.8) is 0 Å². The summed E-state index contributed by atoms with van der Waals surface area (Å²) in [6, 6.07) is 6.15. The van der Waals surface area contributed by atoms with Crippen LogP contribution in [-0.2, 0) is 10.0 Å². The Kier molecular flexibility index (Phi) is 4.88. The van der Waals surface area contributed by atoms with Crippen LogP contribution >= 0.6 is 11.8 Å². The Hall–Kier alpha value is -1.86. The molecule has 1 aromatic carbocycles. The van der Waals surface area contributed by atoms with Gasteiger partial charge in [0.05, 0.1) is 22.7 Å². The maximum absolute atomic E-state index is 12.6. The summed E-state index contributed by atoms with van der Waals surface area (Å²) in [5.41, 5.74) is 1.19. The highest BCUT2D eigenvalue weighted by atomic mass is 35.5. The summed E-state index contributed by atoms with van der Waals surface area (Å²) in [7, 11) is -3.64. The predicted octanol–water partition coefficient (Wildman–Crippen LogP) is 3.87. The minimum absolute atomic E-state index is 0.194. The van der Waals surface area contributed by atoms with Gasteiger partial charge in [0.25, 0.3) is 10.0 Å². The van der Waals surface area contributed by atoms with Gasteiger partial charge in [0.2, 0.25) is 0 Å². The van der Waals surface area contributed by atoms with E-state index in [1.54, 1.807) is 26.0 Å². The highest BCUT2D eigenvalue weighted by Gasteiger charge is 2.33. The second-order valence-corrected chi connectivity index (χ2v) is 8.97. The van der Waals surface area contributed by atoms with E-state index in [1.807, 2.05) is 0 Å². The molecule has 2 aromatic rings. The Morgan fingerprint density at radius 3 is 2.56 bits per heavy atom. The average Bonchev–Trinajstić information content (AvgIpc) is 3.36. The van der Waals surface area contributed by atoms with Gasteiger partial charge in [0.15, 0.2) is 11.5 Å². The van der Waals surface area contributed by atoms with Crippen LogP contribution in [0.2, 0.25) is 0 Å². The molecule has 134 valence electrons. The van der Waals surface area contributed by atoms with E-state index in [1.165, 1.54) is 18.3 Å². The largest absolute Gasteiger partial charge is 0.360 e. The highest BCUT2D eigenvalue weighted by molar-refractivity contribution is 7.94. The van der Waals surface area contributed by atoms with Crippen LogP contribution in [0.1, 0.15) is 60.7 Å². The number of benzene rings is 1. The van der Waals surface area contributed by atoms with Crippen LogP contribution in [0.25, 0.3) is 0 Å². The number of aromatic nitrogens is 1. The molecule has 25 heavy (non-hydrogen) atoms. The monoisotopic (exact) mass is 382 g/mol. The zero-order valence-electron chi connectivity index (χ0n) is 14.0. The smallest absolute Gasteiger partial charge is 0.251 e. The Morgan fingerprint density at radius 1 is 1.36 bits per heavy atom. The van der Waals surface area contributed by atoms with E-state index in [9.17, 15) is 13.2 Å². The lowest BCUT2D eigenvalue weighted by Crippen LogP contribution is -2.30. The van der Waals surface area contributed by atoms with Crippen molar-refractivity contribution in [3.05, 3.63) is 47.3 Å². The molecule has 1 aromatic heterocycles. The van der Waals surface area contributed by atoms with Gasteiger partial charge in [0, 0.05) is 23.3 Å². The van der Waals surface area contributed by atoms with Gasteiger partial charge in [-0.15, -0.1) is 0 Å². The van der Waals surface area contributed by atoms with Crippen LogP contribution in [0, 0.1) is 0 Å². The van der Waals surface area contributed by atoms with Crippen molar-refractivity contribution in [2.45, 2.75) is 44.3 Å². The molecule has 1 unspecified atom stereocenters. The van der Waals surface area contributed by atoms with Gasteiger partial charge >= 0.3 is 0 Å². The molecule has 0 spiro atoms. The van der Waals surface area contributed by atoms with Gasteiger partial charge in [-0.25, -0.2) is 8.42 Å². The molecule has 1 heterocycles. The minimum atomic E-state index is -3.64. The van der Waals surface area contributed by atoms with Crippen molar-refractivity contribution in [2.24, 2.45) is 0 Å². The van der Waals surface area contributed by atoms with Crippen LogP contribution in [0.5, 0.6) is 0 Å². The third-order valence-corrected chi connectivity index (χ3v) is 7.21. The van der Waals surface area contributed by atoms with E-state index in [2.05, 4.69) is 5.16 Å². The molecule has 0 bridgehead atoms. The molecular formula is C17H19ClN2O4S. The van der Waals surface area contributed by atoms with E-state index in [4.69, 9.17) is 16.3 Å². The number of nitrogens with zero attached hydrogens (tertiary/aromatic N) is 2. The minimum Gasteiger partial charge on any atom is -0.360 e. The van der Waals surface area contributed by atoms with Gasteiger partial charge in [-0.3, -0.25) is 4.79 Å². The number of carbonyl (C=O) groups excluding carboxylic acids is 1. The second kappa shape index (κ2) is 6.80. The molecule has 0 saturated heterocycles. The van der Waals surface area contributed by atoms with Gasteiger partial charge in [0.1, 0.15) is 0 Å². The van der Waals surface area contributed by atoms with Crippen LogP contribution in [0.3, 0.4) is 0 Å². The van der Waals surface area contributed by atoms with Crippen molar-refractivity contribution in [1.82, 2.24) is 5.16 Å². The maximum Gasteiger partial charge on any atom is 0.251 e. The normalized spacial score (nSPS) is 15.8. The molecule has 1 fully saturated rings. The molecule has 1 saturated carbocycles. The predicted molar refractivity (Wildman–Crippen MR) is 95.4 cm³/mol. The zero-order valence-corrected chi connectivity index (χ0v) is 15.5. The molecule has 8 heteroatoms. The Bertz CT molecular complexity index is 872. The lowest BCUT2D eigenvalue weighted by atomic mass is 10.0. The van der Waals surface area contributed by atoms with Crippen molar-refractivity contribution in [3.8, 4) is 0 Å². The molecule has 0 N–H and O–H groups in total. The van der Waals surface area contributed by atoms with Crippen LogP contribution in [-0.4, -0.2) is 24.6 Å². The summed E-state index contributed by atoms with van der Waals surface area (Å²) in [4.78, 5) is 12.6. The van der Waals surface area contributed by atoms with Gasteiger partial charge in [-0.2, -0.15) is 3.82 Å². The SMILES string of the molecule is CCC(C)S(=O)(=O)N(Cl)c1ccc(C(=O)c2cnoc2C2CC2)cc1. The molecule has 0 amide bonds. The van der Waals surface area contributed by atoms with Gasteiger partial charge in [-0.05, 0) is 50.5 Å². The molecule has 1 aliphatic rings. The first-order valence-corrected chi connectivity index (χ1v) is 9.99. The molecule has 1 aliphatic carbocycles. The highest BCUT2D eigenvalue weighted by Crippen LogP contribution is 2.42. The average molecular weight is 383 g/mol. The number of hydrogen-bond acceptors (Lipinski definition) is 5. The van der Waals surface area contributed by atoms with E-state index in [0.29, 0.717) is 29.0 Å². The van der Waals surface area contributed by atoms with E-state index >= 15 is 0 Å². The molecule has 0 radical (unpaired) electrons. The fourth-order valence-electron chi connectivity index (χ4n) is 2.46. The van der Waals surface area contributed by atoms with Gasteiger partial charge in [-0.1, -0.05) is 12.1 Å². The molecule has 6 nitrogen and oxygen atoms in total. The Labute approximate surface area is 151 Å². The molecule has 1 atom stereocenters. The molecule has 3 rings (SSSR count). The lowest BCUT2D eigenvalue weighted by Gasteiger charge is -2.20. The van der Waals surface area contributed by atoms with Crippen molar-refractivity contribution in [1.29, 1.82) is 0 Å².